The van der Waals surface area contributed by atoms with Crippen LogP contribution in [-0.2, 0) is 17.8 Å². The molecule has 1 atom stereocenters. The summed E-state index contributed by atoms with van der Waals surface area (Å²) in [5, 5.41) is 4.00. The van der Waals surface area contributed by atoms with E-state index in [1.165, 1.54) is 32.1 Å². The molecule has 1 spiro atoms. The van der Waals surface area contributed by atoms with E-state index in [4.69, 9.17) is 10.3 Å². The standard InChI is InChI=1S/C20H31N3O2/c1-4-19(2,3)13-5-8-20(9-6-13)11-15(20)18(24)23-10-7-16-14(12-23)17(21)25-22-16/h13,15H,4-12,21H2,1-3H3. The zero-order chi connectivity index (χ0) is 17.8. The Labute approximate surface area is 150 Å². The van der Waals surface area contributed by atoms with Gasteiger partial charge >= 0.3 is 0 Å². The molecule has 2 fully saturated rings. The van der Waals surface area contributed by atoms with Crippen LogP contribution in [0, 0.1) is 22.7 Å². The third-order valence-corrected chi connectivity index (χ3v) is 7.66. The highest BCUT2D eigenvalue weighted by Crippen LogP contribution is 2.64. The number of hydrogen-bond acceptors (Lipinski definition) is 4. The zero-order valence-electron chi connectivity index (χ0n) is 15.8. The zero-order valence-corrected chi connectivity index (χ0v) is 15.8. The summed E-state index contributed by atoms with van der Waals surface area (Å²) in [5.74, 6) is 1.76. The van der Waals surface area contributed by atoms with Gasteiger partial charge in [0.15, 0.2) is 0 Å². The van der Waals surface area contributed by atoms with Crippen molar-refractivity contribution >= 4 is 11.8 Å². The van der Waals surface area contributed by atoms with Gasteiger partial charge in [0, 0.05) is 18.9 Å². The van der Waals surface area contributed by atoms with Crippen LogP contribution in [0.4, 0.5) is 5.88 Å². The Morgan fingerprint density at radius 1 is 1.40 bits per heavy atom. The minimum atomic E-state index is 0.237. The molecule has 0 radical (unpaired) electrons. The molecule has 1 aliphatic heterocycles. The largest absolute Gasteiger partial charge is 0.367 e. The summed E-state index contributed by atoms with van der Waals surface area (Å²) in [5.41, 5.74) is 8.44. The lowest BCUT2D eigenvalue weighted by molar-refractivity contribution is -0.134. The van der Waals surface area contributed by atoms with Gasteiger partial charge in [0.2, 0.25) is 11.8 Å². The monoisotopic (exact) mass is 345 g/mol. The Hall–Kier alpha value is -1.52. The summed E-state index contributed by atoms with van der Waals surface area (Å²) in [4.78, 5) is 15.0. The van der Waals surface area contributed by atoms with Gasteiger partial charge in [-0.2, -0.15) is 0 Å². The second-order valence-electron chi connectivity index (χ2n) is 9.22. The molecule has 3 aliphatic rings. The maximum absolute atomic E-state index is 13.0. The third kappa shape index (κ3) is 2.76. The van der Waals surface area contributed by atoms with Crippen molar-refractivity contribution in [3.05, 3.63) is 11.3 Å². The first-order chi connectivity index (χ1) is 11.9. The van der Waals surface area contributed by atoms with E-state index in [1.807, 2.05) is 4.90 Å². The van der Waals surface area contributed by atoms with Crippen LogP contribution in [0.25, 0.3) is 0 Å². The van der Waals surface area contributed by atoms with Crippen molar-refractivity contribution in [2.75, 3.05) is 12.3 Å². The summed E-state index contributed by atoms with van der Waals surface area (Å²) in [6.07, 6.45) is 8.11. The lowest BCUT2D eigenvalue weighted by Crippen LogP contribution is -2.38. The maximum atomic E-state index is 13.0. The van der Waals surface area contributed by atoms with Crippen molar-refractivity contribution in [1.82, 2.24) is 10.1 Å². The molecule has 1 aromatic rings. The van der Waals surface area contributed by atoms with E-state index in [-0.39, 0.29) is 5.92 Å². The molecule has 2 aliphatic carbocycles. The number of rotatable bonds is 3. The first kappa shape index (κ1) is 16.9. The van der Waals surface area contributed by atoms with E-state index >= 15 is 0 Å². The summed E-state index contributed by atoms with van der Waals surface area (Å²) in [6, 6.07) is 0. The van der Waals surface area contributed by atoms with Crippen molar-refractivity contribution in [1.29, 1.82) is 0 Å². The molecule has 1 amide bonds. The van der Waals surface area contributed by atoms with E-state index in [9.17, 15) is 4.79 Å². The van der Waals surface area contributed by atoms with E-state index in [0.29, 0.717) is 29.2 Å². The molecule has 138 valence electrons. The maximum Gasteiger partial charge on any atom is 0.227 e. The lowest BCUT2D eigenvalue weighted by atomic mass is 9.66. The number of carbonyl (C=O) groups is 1. The molecule has 0 saturated heterocycles. The van der Waals surface area contributed by atoms with E-state index < -0.39 is 0 Å². The minimum absolute atomic E-state index is 0.237. The Morgan fingerprint density at radius 2 is 2.12 bits per heavy atom. The second-order valence-corrected chi connectivity index (χ2v) is 9.22. The Balaban J connectivity index is 1.38. The molecule has 0 bridgehead atoms. The molecular weight excluding hydrogens is 314 g/mol. The highest BCUT2D eigenvalue weighted by Gasteiger charge is 2.60. The number of nitrogens with two attached hydrogens (primary N) is 1. The number of amides is 1. The molecule has 2 saturated carbocycles. The number of anilines is 1. The van der Waals surface area contributed by atoms with E-state index in [2.05, 4.69) is 25.9 Å². The van der Waals surface area contributed by atoms with Gasteiger partial charge in [-0.1, -0.05) is 32.3 Å². The summed E-state index contributed by atoms with van der Waals surface area (Å²) in [7, 11) is 0. The van der Waals surface area contributed by atoms with Gasteiger partial charge in [0.1, 0.15) is 0 Å². The molecule has 2 N–H and O–H groups in total. The molecule has 2 heterocycles. The summed E-state index contributed by atoms with van der Waals surface area (Å²) >= 11 is 0. The molecule has 5 heteroatoms. The number of fused-ring (bicyclic) bond motifs is 1. The van der Waals surface area contributed by atoms with Gasteiger partial charge in [-0.3, -0.25) is 4.79 Å². The quantitative estimate of drug-likeness (QED) is 0.905. The van der Waals surface area contributed by atoms with E-state index in [0.717, 1.165) is 36.6 Å². The van der Waals surface area contributed by atoms with Crippen molar-refractivity contribution in [2.24, 2.45) is 22.7 Å². The van der Waals surface area contributed by atoms with Gasteiger partial charge in [-0.25, -0.2) is 0 Å². The van der Waals surface area contributed by atoms with Crippen LogP contribution in [-0.4, -0.2) is 22.5 Å². The van der Waals surface area contributed by atoms with Crippen LogP contribution in [0.3, 0.4) is 0 Å². The van der Waals surface area contributed by atoms with Crippen molar-refractivity contribution in [2.45, 2.75) is 72.3 Å². The summed E-state index contributed by atoms with van der Waals surface area (Å²) in [6.45, 7) is 8.42. The van der Waals surface area contributed by atoms with Crippen molar-refractivity contribution < 1.29 is 9.32 Å². The number of hydrogen-bond donors (Lipinski definition) is 1. The number of carbonyl (C=O) groups excluding carboxylic acids is 1. The fraction of sp³-hybridized carbons (Fsp3) is 0.800. The van der Waals surface area contributed by atoms with Crippen LogP contribution in [0.5, 0.6) is 0 Å². The van der Waals surface area contributed by atoms with Gasteiger partial charge in [0.05, 0.1) is 17.8 Å². The molecular formula is C20H31N3O2. The lowest BCUT2D eigenvalue weighted by Gasteiger charge is -2.39. The van der Waals surface area contributed by atoms with Crippen LogP contribution < -0.4 is 5.73 Å². The fourth-order valence-corrected chi connectivity index (χ4v) is 5.15. The number of nitrogens with zero attached hydrogens (tertiary/aromatic N) is 2. The fourth-order valence-electron chi connectivity index (χ4n) is 5.15. The first-order valence-corrected chi connectivity index (χ1v) is 9.88. The summed E-state index contributed by atoms with van der Waals surface area (Å²) < 4.78 is 5.08. The van der Waals surface area contributed by atoms with Gasteiger partial charge in [-0.15, -0.1) is 0 Å². The molecule has 0 aromatic carbocycles. The Kier molecular flexibility index (Phi) is 3.89. The molecule has 1 unspecified atom stereocenters. The van der Waals surface area contributed by atoms with Crippen molar-refractivity contribution in [3.63, 3.8) is 0 Å². The highest BCUT2D eigenvalue weighted by molar-refractivity contribution is 5.83. The average molecular weight is 345 g/mol. The predicted molar refractivity (Wildman–Crippen MR) is 96.6 cm³/mol. The SMILES string of the molecule is CCC(C)(C)C1CCC2(CC1)CC2C(=O)N1CCc2noc(N)c2C1. The number of aromatic nitrogens is 1. The molecule has 5 nitrogen and oxygen atoms in total. The number of nitrogen functional groups attached to an aromatic ring is 1. The molecule has 4 rings (SSSR count). The normalized spacial score (nSPS) is 31.9. The van der Waals surface area contributed by atoms with Crippen LogP contribution in [0.2, 0.25) is 0 Å². The Bertz CT molecular complexity index is 670. The topological polar surface area (TPSA) is 72.4 Å². The van der Waals surface area contributed by atoms with Gasteiger partial charge in [-0.05, 0) is 48.9 Å². The van der Waals surface area contributed by atoms with Crippen LogP contribution >= 0.6 is 0 Å². The average Bonchev–Trinajstić information content (AvgIpc) is 3.19. The van der Waals surface area contributed by atoms with E-state index in [1.54, 1.807) is 0 Å². The molecule has 1 aromatic heterocycles. The highest BCUT2D eigenvalue weighted by atomic mass is 16.5. The third-order valence-electron chi connectivity index (χ3n) is 7.66. The van der Waals surface area contributed by atoms with Gasteiger partial charge in [0.25, 0.3) is 0 Å². The minimum Gasteiger partial charge on any atom is -0.367 e. The van der Waals surface area contributed by atoms with Crippen LogP contribution in [0.15, 0.2) is 4.52 Å². The second kappa shape index (κ2) is 5.75. The smallest absolute Gasteiger partial charge is 0.227 e. The van der Waals surface area contributed by atoms with Crippen LogP contribution in [0.1, 0.15) is 70.6 Å². The first-order valence-electron chi connectivity index (χ1n) is 9.88. The predicted octanol–water partition coefficient (Wildman–Crippen LogP) is 3.77. The Morgan fingerprint density at radius 3 is 2.80 bits per heavy atom. The molecule has 25 heavy (non-hydrogen) atoms. The van der Waals surface area contributed by atoms with Crippen molar-refractivity contribution in [3.8, 4) is 0 Å². The van der Waals surface area contributed by atoms with Gasteiger partial charge < -0.3 is 15.2 Å².